The molecule has 0 bridgehead atoms. The van der Waals surface area contributed by atoms with Crippen LogP contribution in [0.25, 0.3) is 0 Å². The van der Waals surface area contributed by atoms with Crippen molar-refractivity contribution in [3.8, 4) is 11.5 Å². The molecule has 26 heavy (non-hydrogen) atoms. The molecule has 2 aromatic rings. The number of nitrogens with one attached hydrogen (secondary N) is 2. The second kappa shape index (κ2) is 8.89. The normalized spacial score (nSPS) is 13.1. The lowest BCUT2D eigenvalue weighted by Crippen LogP contribution is -2.38. The Morgan fingerprint density at radius 3 is 2.81 bits per heavy atom. The van der Waals surface area contributed by atoms with E-state index < -0.39 is 0 Å². The van der Waals surface area contributed by atoms with Crippen molar-refractivity contribution in [3.05, 3.63) is 39.3 Å². The topological polar surface area (TPSA) is 67.8 Å². The van der Waals surface area contributed by atoms with Crippen molar-refractivity contribution in [2.45, 2.75) is 33.6 Å². The van der Waals surface area contributed by atoms with E-state index in [2.05, 4.69) is 47.4 Å². The van der Waals surface area contributed by atoms with Crippen LogP contribution in [0.15, 0.2) is 23.2 Å². The maximum absolute atomic E-state index is 5.43. The van der Waals surface area contributed by atoms with Gasteiger partial charge in [-0.3, -0.25) is 4.99 Å². The summed E-state index contributed by atoms with van der Waals surface area (Å²) in [6, 6.07) is 6.09. The van der Waals surface area contributed by atoms with E-state index in [1.165, 1.54) is 10.4 Å². The van der Waals surface area contributed by atoms with Gasteiger partial charge in [0.1, 0.15) is 0 Å². The molecule has 0 fully saturated rings. The summed E-state index contributed by atoms with van der Waals surface area (Å²) in [5.74, 6) is 2.50. The van der Waals surface area contributed by atoms with Gasteiger partial charge in [-0.2, -0.15) is 0 Å². The second-order valence-corrected chi connectivity index (χ2v) is 7.41. The Kier molecular flexibility index (Phi) is 6.33. The molecule has 3 rings (SSSR count). The number of aromatic nitrogens is 1. The summed E-state index contributed by atoms with van der Waals surface area (Å²) in [4.78, 5) is 10.5. The fourth-order valence-electron chi connectivity index (χ4n) is 2.67. The summed E-state index contributed by atoms with van der Waals surface area (Å²) >= 11 is 1.76. The Morgan fingerprint density at radius 1 is 1.19 bits per heavy atom. The highest BCUT2D eigenvalue weighted by atomic mass is 32.1. The van der Waals surface area contributed by atoms with Crippen LogP contribution in [-0.4, -0.2) is 37.4 Å². The van der Waals surface area contributed by atoms with E-state index in [-0.39, 0.29) is 0 Å². The van der Waals surface area contributed by atoms with Gasteiger partial charge in [-0.1, -0.05) is 6.07 Å². The number of hydrogen-bond acceptors (Lipinski definition) is 5. The predicted molar refractivity (Wildman–Crippen MR) is 106 cm³/mol. The molecule has 0 saturated carbocycles. The Bertz CT molecular complexity index is 753. The molecular weight excluding hydrogens is 348 g/mol. The van der Waals surface area contributed by atoms with Gasteiger partial charge in [-0.25, -0.2) is 4.98 Å². The van der Waals surface area contributed by atoms with Gasteiger partial charge in [0.05, 0.1) is 10.7 Å². The SMILES string of the molecule is CCNC(=NCCc1nc(C)c(C)s1)NCCc1ccc2c(c1)OCO2. The highest BCUT2D eigenvalue weighted by molar-refractivity contribution is 7.11. The third-order valence-corrected chi connectivity index (χ3v) is 5.29. The summed E-state index contributed by atoms with van der Waals surface area (Å²) in [5, 5.41) is 7.83. The third kappa shape index (κ3) is 4.88. The van der Waals surface area contributed by atoms with Gasteiger partial charge in [0, 0.05) is 30.9 Å². The van der Waals surface area contributed by atoms with Crippen molar-refractivity contribution in [2.24, 2.45) is 4.99 Å². The number of aryl methyl sites for hydroxylation is 2. The van der Waals surface area contributed by atoms with Crippen LogP contribution in [0.3, 0.4) is 0 Å². The van der Waals surface area contributed by atoms with Crippen LogP contribution < -0.4 is 20.1 Å². The largest absolute Gasteiger partial charge is 0.454 e. The summed E-state index contributed by atoms with van der Waals surface area (Å²) in [6.45, 7) is 8.93. The Balaban J connectivity index is 1.48. The molecule has 1 aromatic heterocycles. The monoisotopic (exact) mass is 374 g/mol. The smallest absolute Gasteiger partial charge is 0.231 e. The molecule has 0 radical (unpaired) electrons. The predicted octanol–water partition coefficient (Wildman–Crippen LogP) is 2.83. The second-order valence-electron chi connectivity index (χ2n) is 6.12. The van der Waals surface area contributed by atoms with Gasteiger partial charge in [-0.05, 0) is 44.9 Å². The van der Waals surface area contributed by atoms with Gasteiger partial charge >= 0.3 is 0 Å². The van der Waals surface area contributed by atoms with Crippen LogP contribution in [0.5, 0.6) is 11.5 Å². The minimum absolute atomic E-state index is 0.312. The number of hydrogen-bond donors (Lipinski definition) is 2. The number of guanidine groups is 1. The summed E-state index contributed by atoms with van der Waals surface area (Å²) in [6.07, 6.45) is 1.77. The van der Waals surface area contributed by atoms with Crippen LogP contribution in [0.1, 0.15) is 28.1 Å². The van der Waals surface area contributed by atoms with Crippen LogP contribution in [0.4, 0.5) is 0 Å². The highest BCUT2D eigenvalue weighted by Crippen LogP contribution is 2.32. The minimum Gasteiger partial charge on any atom is -0.454 e. The van der Waals surface area contributed by atoms with E-state index in [1.54, 1.807) is 11.3 Å². The van der Waals surface area contributed by atoms with E-state index in [0.717, 1.165) is 60.6 Å². The summed E-state index contributed by atoms with van der Waals surface area (Å²) in [5.41, 5.74) is 2.34. The molecule has 2 heterocycles. The Morgan fingerprint density at radius 2 is 2.04 bits per heavy atom. The molecule has 0 saturated heterocycles. The molecule has 0 atom stereocenters. The van der Waals surface area contributed by atoms with Crippen molar-refractivity contribution in [2.75, 3.05) is 26.4 Å². The molecule has 140 valence electrons. The standard InChI is InChI=1S/C19H26N4O2S/c1-4-20-19(22-10-8-18-23-13(2)14(3)26-18)21-9-7-15-5-6-16-17(11-15)25-12-24-16/h5-6,11H,4,7-10,12H2,1-3H3,(H2,20,21,22). The molecule has 1 aliphatic heterocycles. The van der Waals surface area contributed by atoms with Crippen molar-refractivity contribution in [1.29, 1.82) is 0 Å². The quantitative estimate of drug-likeness (QED) is 0.576. The zero-order valence-electron chi connectivity index (χ0n) is 15.6. The van der Waals surface area contributed by atoms with Gasteiger partial charge in [-0.15, -0.1) is 11.3 Å². The lowest BCUT2D eigenvalue weighted by molar-refractivity contribution is 0.174. The zero-order valence-corrected chi connectivity index (χ0v) is 16.4. The van der Waals surface area contributed by atoms with Crippen LogP contribution in [0.2, 0.25) is 0 Å². The van der Waals surface area contributed by atoms with Gasteiger partial charge in [0.15, 0.2) is 17.5 Å². The number of rotatable bonds is 7. The van der Waals surface area contributed by atoms with Gasteiger partial charge < -0.3 is 20.1 Å². The van der Waals surface area contributed by atoms with Gasteiger partial charge in [0.25, 0.3) is 0 Å². The molecule has 2 N–H and O–H groups in total. The van der Waals surface area contributed by atoms with E-state index >= 15 is 0 Å². The first-order valence-electron chi connectivity index (χ1n) is 8.99. The Hall–Kier alpha value is -2.28. The first-order valence-corrected chi connectivity index (χ1v) is 9.81. The molecule has 0 amide bonds. The highest BCUT2D eigenvalue weighted by Gasteiger charge is 2.13. The van der Waals surface area contributed by atoms with E-state index in [1.807, 2.05) is 12.1 Å². The first-order chi connectivity index (χ1) is 12.7. The maximum Gasteiger partial charge on any atom is 0.231 e. The number of ether oxygens (including phenoxy) is 2. The van der Waals surface area contributed by atoms with Crippen molar-refractivity contribution < 1.29 is 9.47 Å². The number of nitrogens with zero attached hydrogens (tertiary/aromatic N) is 2. The number of fused-ring (bicyclic) bond motifs is 1. The average molecular weight is 375 g/mol. The minimum atomic E-state index is 0.312. The number of benzene rings is 1. The summed E-state index contributed by atoms with van der Waals surface area (Å²) in [7, 11) is 0. The molecule has 1 aromatic carbocycles. The zero-order chi connectivity index (χ0) is 18.4. The molecule has 1 aliphatic rings. The van der Waals surface area contributed by atoms with Crippen LogP contribution in [0, 0.1) is 13.8 Å². The first kappa shape index (κ1) is 18.5. The summed E-state index contributed by atoms with van der Waals surface area (Å²) < 4.78 is 10.8. The number of aliphatic imine (C=N–C) groups is 1. The van der Waals surface area contributed by atoms with E-state index in [9.17, 15) is 0 Å². The van der Waals surface area contributed by atoms with E-state index in [0.29, 0.717) is 6.79 Å². The fraction of sp³-hybridized carbons (Fsp3) is 0.474. The lowest BCUT2D eigenvalue weighted by atomic mass is 10.1. The molecule has 0 aliphatic carbocycles. The van der Waals surface area contributed by atoms with Crippen molar-refractivity contribution in [3.63, 3.8) is 0 Å². The number of thiazole rings is 1. The lowest BCUT2D eigenvalue weighted by Gasteiger charge is -2.11. The average Bonchev–Trinajstić information content (AvgIpc) is 3.21. The molecule has 6 nitrogen and oxygen atoms in total. The molecular formula is C19H26N4O2S. The van der Waals surface area contributed by atoms with Gasteiger partial charge in [0.2, 0.25) is 6.79 Å². The van der Waals surface area contributed by atoms with E-state index in [4.69, 9.17) is 9.47 Å². The van der Waals surface area contributed by atoms with Crippen LogP contribution >= 0.6 is 11.3 Å². The fourth-order valence-corrected chi connectivity index (χ4v) is 3.60. The van der Waals surface area contributed by atoms with Crippen LogP contribution in [-0.2, 0) is 12.8 Å². The van der Waals surface area contributed by atoms with Crippen molar-refractivity contribution in [1.82, 2.24) is 15.6 Å². The Labute approximate surface area is 158 Å². The maximum atomic E-state index is 5.43. The molecule has 0 unspecified atom stereocenters. The third-order valence-electron chi connectivity index (χ3n) is 4.16. The van der Waals surface area contributed by atoms with Crippen molar-refractivity contribution >= 4 is 17.3 Å². The molecule has 7 heteroatoms. The molecule has 0 spiro atoms.